The quantitative estimate of drug-likeness (QED) is 0.923. The first kappa shape index (κ1) is 14.4. The predicted octanol–water partition coefficient (Wildman–Crippen LogP) is 3.00. The van der Waals surface area contributed by atoms with Gasteiger partial charge < -0.3 is 10.2 Å². The van der Waals surface area contributed by atoms with Crippen LogP contribution in [0.4, 0.5) is 0 Å². The molecule has 1 fully saturated rings. The number of likely N-dealkylation sites (N-methyl/N-ethyl adjacent to an activating group) is 1. The van der Waals surface area contributed by atoms with Crippen LogP contribution in [0.15, 0.2) is 24.3 Å². The van der Waals surface area contributed by atoms with E-state index in [9.17, 15) is 4.79 Å². The van der Waals surface area contributed by atoms with Crippen molar-refractivity contribution in [2.24, 2.45) is 0 Å². The van der Waals surface area contributed by atoms with Crippen molar-refractivity contribution < 1.29 is 4.79 Å². The van der Waals surface area contributed by atoms with Gasteiger partial charge in [0.2, 0.25) is 5.91 Å². The van der Waals surface area contributed by atoms with E-state index in [1.165, 1.54) is 0 Å². The minimum Gasteiger partial charge on any atom is -0.334 e. The molecule has 3 nitrogen and oxygen atoms in total. The monoisotopic (exact) mass is 280 g/mol. The largest absolute Gasteiger partial charge is 0.334 e. The standard InChI is InChI=1S/C15H21ClN2O/c1-15(2,17-3)14(19)18-9-5-8-13(18)11-6-4-7-12(16)10-11/h4,6-7,10,13,17H,5,8-9H2,1-3H3. The average Bonchev–Trinajstić information content (AvgIpc) is 2.86. The molecule has 1 aromatic rings. The summed E-state index contributed by atoms with van der Waals surface area (Å²) >= 11 is 6.05. The first-order valence-corrected chi connectivity index (χ1v) is 7.09. The van der Waals surface area contributed by atoms with Crippen LogP contribution in [0.25, 0.3) is 0 Å². The average molecular weight is 281 g/mol. The number of carbonyl (C=O) groups is 1. The van der Waals surface area contributed by atoms with Crippen molar-refractivity contribution in [1.82, 2.24) is 10.2 Å². The normalized spacial score (nSPS) is 19.8. The fourth-order valence-corrected chi connectivity index (χ4v) is 2.73. The molecule has 0 spiro atoms. The summed E-state index contributed by atoms with van der Waals surface area (Å²) in [5, 5.41) is 3.81. The maximum Gasteiger partial charge on any atom is 0.242 e. The maximum atomic E-state index is 12.6. The third-order valence-electron chi connectivity index (χ3n) is 3.91. The number of nitrogens with one attached hydrogen (secondary N) is 1. The number of nitrogens with zero attached hydrogens (tertiary/aromatic N) is 1. The lowest BCUT2D eigenvalue weighted by Crippen LogP contribution is -2.52. The summed E-state index contributed by atoms with van der Waals surface area (Å²) in [5.74, 6) is 0.150. The van der Waals surface area contributed by atoms with Crippen molar-refractivity contribution in [3.63, 3.8) is 0 Å². The first-order chi connectivity index (χ1) is 8.95. The number of likely N-dealkylation sites (tertiary alicyclic amines) is 1. The second kappa shape index (κ2) is 5.51. The molecular weight excluding hydrogens is 260 g/mol. The van der Waals surface area contributed by atoms with Gasteiger partial charge in [-0.2, -0.15) is 0 Å². The molecule has 1 aliphatic rings. The molecule has 0 radical (unpaired) electrons. The van der Waals surface area contributed by atoms with Crippen LogP contribution in [-0.4, -0.2) is 29.9 Å². The number of hydrogen-bond donors (Lipinski definition) is 1. The molecule has 4 heteroatoms. The molecule has 1 aromatic carbocycles. The van der Waals surface area contributed by atoms with Gasteiger partial charge >= 0.3 is 0 Å². The van der Waals surface area contributed by atoms with Crippen LogP contribution in [0.1, 0.15) is 38.3 Å². The smallest absolute Gasteiger partial charge is 0.242 e. The third-order valence-corrected chi connectivity index (χ3v) is 4.14. The van der Waals surface area contributed by atoms with E-state index in [1.807, 2.05) is 44.0 Å². The van der Waals surface area contributed by atoms with Gasteiger partial charge in [-0.15, -0.1) is 0 Å². The minimum atomic E-state index is -0.527. The summed E-state index contributed by atoms with van der Waals surface area (Å²) in [7, 11) is 1.82. The van der Waals surface area contributed by atoms with Crippen LogP contribution >= 0.6 is 11.6 Å². The topological polar surface area (TPSA) is 32.3 Å². The Morgan fingerprint density at radius 2 is 2.21 bits per heavy atom. The van der Waals surface area contributed by atoms with Gasteiger partial charge in [-0.3, -0.25) is 4.79 Å². The summed E-state index contributed by atoms with van der Waals surface area (Å²) in [6.07, 6.45) is 2.05. The number of rotatable bonds is 3. The Hall–Kier alpha value is -1.06. The molecule has 2 rings (SSSR count). The van der Waals surface area contributed by atoms with Crippen LogP contribution in [-0.2, 0) is 4.79 Å². The molecule has 0 aromatic heterocycles. The van der Waals surface area contributed by atoms with Crippen molar-refractivity contribution in [1.29, 1.82) is 0 Å². The van der Waals surface area contributed by atoms with E-state index in [4.69, 9.17) is 11.6 Å². The highest BCUT2D eigenvalue weighted by Gasteiger charge is 2.37. The lowest BCUT2D eigenvalue weighted by Gasteiger charge is -2.33. The molecule has 1 saturated heterocycles. The molecule has 1 N–H and O–H groups in total. The van der Waals surface area contributed by atoms with E-state index in [-0.39, 0.29) is 11.9 Å². The zero-order valence-corrected chi connectivity index (χ0v) is 12.5. The zero-order chi connectivity index (χ0) is 14.0. The fourth-order valence-electron chi connectivity index (χ4n) is 2.54. The van der Waals surface area contributed by atoms with Crippen LogP contribution in [0, 0.1) is 0 Å². The number of benzene rings is 1. The second-order valence-corrected chi connectivity index (χ2v) is 6.02. The van der Waals surface area contributed by atoms with E-state index in [0.717, 1.165) is 30.0 Å². The van der Waals surface area contributed by atoms with E-state index >= 15 is 0 Å². The summed E-state index contributed by atoms with van der Waals surface area (Å²) in [5.41, 5.74) is 0.603. The predicted molar refractivity (Wildman–Crippen MR) is 78.3 cm³/mol. The summed E-state index contributed by atoms with van der Waals surface area (Å²) in [6, 6.07) is 7.98. The van der Waals surface area contributed by atoms with Crippen LogP contribution in [0.5, 0.6) is 0 Å². The molecule has 104 valence electrons. The summed E-state index contributed by atoms with van der Waals surface area (Å²) in [6.45, 7) is 4.66. The molecular formula is C15H21ClN2O. The van der Waals surface area contributed by atoms with Gasteiger partial charge in [-0.25, -0.2) is 0 Å². The van der Waals surface area contributed by atoms with Crippen molar-refractivity contribution in [3.8, 4) is 0 Å². The molecule has 0 aliphatic carbocycles. The zero-order valence-electron chi connectivity index (χ0n) is 11.7. The Morgan fingerprint density at radius 3 is 2.84 bits per heavy atom. The van der Waals surface area contributed by atoms with Crippen molar-refractivity contribution >= 4 is 17.5 Å². The Morgan fingerprint density at radius 1 is 1.47 bits per heavy atom. The molecule has 1 aliphatic heterocycles. The highest BCUT2D eigenvalue weighted by molar-refractivity contribution is 6.30. The molecule has 1 heterocycles. The van der Waals surface area contributed by atoms with E-state index in [1.54, 1.807) is 0 Å². The highest BCUT2D eigenvalue weighted by atomic mass is 35.5. The van der Waals surface area contributed by atoms with Crippen LogP contribution in [0.3, 0.4) is 0 Å². The molecule has 1 unspecified atom stereocenters. The highest BCUT2D eigenvalue weighted by Crippen LogP contribution is 2.34. The Balaban J connectivity index is 2.24. The van der Waals surface area contributed by atoms with E-state index in [0.29, 0.717) is 0 Å². The lowest BCUT2D eigenvalue weighted by atomic mass is 10.0. The van der Waals surface area contributed by atoms with Crippen molar-refractivity contribution in [2.75, 3.05) is 13.6 Å². The summed E-state index contributed by atoms with van der Waals surface area (Å²) < 4.78 is 0. The summed E-state index contributed by atoms with van der Waals surface area (Å²) in [4.78, 5) is 14.6. The van der Waals surface area contributed by atoms with Crippen molar-refractivity contribution in [2.45, 2.75) is 38.3 Å². The maximum absolute atomic E-state index is 12.6. The molecule has 0 bridgehead atoms. The van der Waals surface area contributed by atoms with E-state index < -0.39 is 5.54 Å². The minimum absolute atomic E-state index is 0.150. The first-order valence-electron chi connectivity index (χ1n) is 6.71. The van der Waals surface area contributed by atoms with Gasteiger partial charge in [-0.05, 0) is 51.4 Å². The number of amides is 1. The van der Waals surface area contributed by atoms with Gasteiger partial charge in [0.15, 0.2) is 0 Å². The lowest BCUT2D eigenvalue weighted by molar-refractivity contribution is -0.137. The Kier molecular flexibility index (Phi) is 4.16. The molecule has 1 amide bonds. The van der Waals surface area contributed by atoms with Gasteiger partial charge in [0.25, 0.3) is 0 Å². The third kappa shape index (κ3) is 2.93. The van der Waals surface area contributed by atoms with E-state index in [2.05, 4.69) is 11.4 Å². The molecule has 19 heavy (non-hydrogen) atoms. The second-order valence-electron chi connectivity index (χ2n) is 5.59. The fraction of sp³-hybridized carbons (Fsp3) is 0.533. The van der Waals surface area contributed by atoms with Gasteiger partial charge in [-0.1, -0.05) is 23.7 Å². The van der Waals surface area contributed by atoms with Gasteiger partial charge in [0.05, 0.1) is 11.6 Å². The van der Waals surface area contributed by atoms with Crippen LogP contribution in [0.2, 0.25) is 5.02 Å². The van der Waals surface area contributed by atoms with Crippen LogP contribution < -0.4 is 5.32 Å². The number of hydrogen-bond acceptors (Lipinski definition) is 2. The van der Waals surface area contributed by atoms with Gasteiger partial charge in [0, 0.05) is 11.6 Å². The molecule has 0 saturated carbocycles. The Labute approximate surface area is 119 Å². The molecule has 1 atom stereocenters. The SMILES string of the molecule is CNC(C)(C)C(=O)N1CCCC1c1cccc(Cl)c1. The Bertz CT molecular complexity index is 473. The van der Waals surface area contributed by atoms with Gasteiger partial charge in [0.1, 0.15) is 0 Å². The number of halogens is 1. The van der Waals surface area contributed by atoms with Crippen molar-refractivity contribution in [3.05, 3.63) is 34.9 Å². The number of carbonyl (C=O) groups excluding carboxylic acids is 1.